The molecule has 102 valence electrons. The van der Waals surface area contributed by atoms with Gasteiger partial charge < -0.3 is 15.5 Å². The highest BCUT2D eigenvalue weighted by Crippen LogP contribution is 2.36. The van der Waals surface area contributed by atoms with Gasteiger partial charge >= 0.3 is 6.18 Å². The molecule has 5 nitrogen and oxygen atoms in total. The molecule has 0 radical (unpaired) electrons. The number of alkyl halides is 3. The maximum Gasteiger partial charge on any atom is 0.417 e. The standard InChI is InChI=1S/C11H11F3N4O/c12-11(13,14)6-3-7-9(16-4-6)18-2-1-15-5-8(18)10(19)17-7/h3-4,8,15H,1-2,5H2,(H,17,19)/i/hD. The fourth-order valence-corrected chi connectivity index (χ4v) is 2.28. The van der Waals surface area contributed by atoms with Crippen LogP contribution < -0.4 is 15.5 Å². The van der Waals surface area contributed by atoms with Crippen molar-refractivity contribution in [2.45, 2.75) is 12.2 Å². The van der Waals surface area contributed by atoms with E-state index in [0.29, 0.717) is 24.9 Å². The van der Waals surface area contributed by atoms with E-state index in [0.717, 1.165) is 12.3 Å². The Morgan fingerprint density at radius 1 is 1.53 bits per heavy atom. The van der Waals surface area contributed by atoms with E-state index >= 15 is 0 Å². The summed E-state index contributed by atoms with van der Waals surface area (Å²) >= 11 is 0. The van der Waals surface area contributed by atoms with Gasteiger partial charge in [-0.05, 0) is 6.07 Å². The van der Waals surface area contributed by atoms with Gasteiger partial charge in [0.25, 0.3) is 0 Å². The number of aromatic nitrogens is 1. The van der Waals surface area contributed by atoms with Crippen LogP contribution in [-0.2, 0) is 11.0 Å². The SMILES string of the molecule is [2H]N1C(=O)C2CNCCN2c2ncc(C(F)(F)F)cc21. The van der Waals surface area contributed by atoms with Crippen molar-refractivity contribution in [3.63, 3.8) is 0 Å². The monoisotopic (exact) mass is 273 g/mol. The van der Waals surface area contributed by atoms with Gasteiger partial charge in [0.2, 0.25) is 5.91 Å². The zero-order valence-electron chi connectivity index (χ0n) is 10.7. The number of hydrogen-bond donors (Lipinski definition) is 2. The van der Waals surface area contributed by atoms with Crippen LogP contribution in [0.4, 0.5) is 24.7 Å². The smallest absolute Gasteiger partial charge is 0.340 e. The molecule has 3 heterocycles. The normalized spacial score (nSPS) is 23.8. The number of hydrogen-bond acceptors (Lipinski definition) is 4. The van der Waals surface area contributed by atoms with E-state index < -0.39 is 23.7 Å². The van der Waals surface area contributed by atoms with Crippen LogP contribution >= 0.6 is 0 Å². The van der Waals surface area contributed by atoms with Crippen LogP contribution in [-0.4, -0.2) is 36.6 Å². The molecule has 1 amide bonds. The van der Waals surface area contributed by atoms with E-state index in [1.54, 1.807) is 4.90 Å². The number of nitrogens with one attached hydrogen (secondary N) is 2. The molecule has 1 fully saturated rings. The molecule has 0 aromatic carbocycles. The van der Waals surface area contributed by atoms with Gasteiger partial charge in [-0.1, -0.05) is 0 Å². The molecule has 1 unspecified atom stereocenters. The minimum Gasteiger partial charge on any atom is -0.340 e. The largest absolute Gasteiger partial charge is 0.417 e. The van der Waals surface area contributed by atoms with Crippen LogP contribution in [0.15, 0.2) is 12.3 Å². The molecule has 0 saturated carbocycles. The van der Waals surface area contributed by atoms with E-state index in [2.05, 4.69) is 10.3 Å². The Hall–Kier alpha value is -1.83. The summed E-state index contributed by atoms with van der Waals surface area (Å²) in [5.74, 6) is -0.301. The molecule has 19 heavy (non-hydrogen) atoms. The van der Waals surface area contributed by atoms with Crippen LogP contribution in [0, 0.1) is 0 Å². The van der Waals surface area contributed by atoms with Crippen LogP contribution in [0.2, 0.25) is 1.41 Å². The minimum atomic E-state index is -4.55. The Morgan fingerprint density at radius 3 is 3.05 bits per heavy atom. The Bertz CT molecular complexity index is 565. The van der Waals surface area contributed by atoms with Gasteiger partial charge in [-0.2, -0.15) is 13.2 Å². The minimum absolute atomic E-state index is 0.122. The van der Waals surface area contributed by atoms with Gasteiger partial charge in [-0.3, -0.25) is 4.79 Å². The number of nitrogens with zero attached hydrogens (tertiary/aromatic N) is 2. The Kier molecular flexibility index (Phi) is 2.37. The lowest BCUT2D eigenvalue weighted by Gasteiger charge is -2.40. The van der Waals surface area contributed by atoms with Crippen molar-refractivity contribution in [2.75, 3.05) is 29.8 Å². The van der Waals surface area contributed by atoms with Gasteiger partial charge in [0.05, 0.1) is 11.3 Å². The Labute approximate surface area is 108 Å². The summed E-state index contributed by atoms with van der Waals surface area (Å²) in [6.45, 7) is 1.44. The molecule has 2 aliphatic rings. The van der Waals surface area contributed by atoms with Gasteiger partial charge in [0.15, 0.2) is 7.23 Å². The molecule has 1 aromatic rings. The van der Waals surface area contributed by atoms with E-state index in [1.807, 2.05) is 0 Å². The second kappa shape index (κ2) is 4.09. The van der Waals surface area contributed by atoms with Crippen molar-refractivity contribution >= 4 is 17.4 Å². The molecule has 0 spiro atoms. The molecule has 1 aromatic heterocycles. The fourth-order valence-electron chi connectivity index (χ4n) is 2.28. The van der Waals surface area contributed by atoms with Gasteiger partial charge in [0.1, 0.15) is 6.04 Å². The van der Waals surface area contributed by atoms with E-state index in [9.17, 15) is 18.0 Å². The van der Waals surface area contributed by atoms with Crippen LogP contribution in [0.1, 0.15) is 5.56 Å². The molecule has 0 aliphatic carbocycles. The topological polar surface area (TPSA) is 57.3 Å². The molecular formula is C11H11F3N4O. The average Bonchev–Trinajstić information content (AvgIpc) is 2.43. The molecule has 2 aliphatic heterocycles. The van der Waals surface area contributed by atoms with Crippen molar-refractivity contribution in [3.05, 3.63) is 17.8 Å². The number of amides is 1. The highest BCUT2D eigenvalue weighted by Gasteiger charge is 2.38. The molecule has 0 bridgehead atoms. The number of carbonyl (C=O) groups is 1. The summed E-state index contributed by atoms with van der Waals surface area (Å²) in [5, 5.41) is 3.53. The van der Waals surface area contributed by atoms with E-state index in [-0.39, 0.29) is 11.5 Å². The Balaban J connectivity index is 2.09. The maximum absolute atomic E-state index is 12.7. The highest BCUT2D eigenvalue weighted by molar-refractivity contribution is 6.03. The quantitative estimate of drug-likeness (QED) is 0.735. The summed E-state index contributed by atoms with van der Waals surface area (Å²) in [6, 6.07) is 0.212. The maximum atomic E-state index is 12.7. The van der Waals surface area contributed by atoms with Crippen molar-refractivity contribution in [1.82, 2.24) is 10.3 Å². The summed E-state index contributed by atoms with van der Waals surface area (Å²) in [6.07, 6.45) is -3.81. The molecule has 1 saturated heterocycles. The number of pyridine rings is 1. The number of piperazine rings is 1. The lowest BCUT2D eigenvalue weighted by atomic mass is 10.1. The Morgan fingerprint density at radius 2 is 2.32 bits per heavy atom. The number of carbonyl (C=O) groups excluding carboxylic acids is 1. The molecule has 3 rings (SSSR count). The molecule has 1 atom stereocenters. The van der Waals surface area contributed by atoms with Crippen LogP contribution in [0.5, 0.6) is 0 Å². The lowest BCUT2D eigenvalue weighted by molar-refractivity contribution is -0.137. The molecular weight excluding hydrogens is 261 g/mol. The van der Waals surface area contributed by atoms with E-state index in [4.69, 9.17) is 1.41 Å². The van der Waals surface area contributed by atoms with Gasteiger partial charge in [-0.15, -0.1) is 0 Å². The summed E-state index contributed by atoms with van der Waals surface area (Å²) in [5.41, 5.74) is -1.09. The molecule has 2 N–H and O–H groups in total. The zero-order chi connectivity index (χ0) is 14.5. The van der Waals surface area contributed by atoms with Crippen molar-refractivity contribution in [1.29, 1.82) is 0 Å². The number of halogens is 3. The average molecular weight is 273 g/mol. The second-order valence-electron chi connectivity index (χ2n) is 4.43. The first-order chi connectivity index (χ1) is 9.39. The predicted molar refractivity (Wildman–Crippen MR) is 61.9 cm³/mol. The predicted octanol–water partition coefficient (Wildman–Crippen LogP) is 0.831. The first-order valence-corrected chi connectivity index (χ1v) is 5.77. The van der Waals surface area contributed by atoms with Crippen molar-refractivity contribution in [2.24, 2.45) is 0 Å². The van der Waals surface area contributed by atoms with Gasteiger partial charge in [0, 0.05) is 25.8 Å². The van der Waals surface area contributed by atoms with Crippen LogP contribution in [0.25, 0.3) is 0 Å². The van der Waals surface area contributed by atoms with E-state index in [1.165, 1.54) is 0 Å². The lowest BCUT2D eigenvalue weighted by Crippen LogP contribution is -2.59. The van der Waals surface area contributed by atoms with Crippen LogP contribution in [0.3, 0.4) is 0 Å². The summed E-state index contributed by atoms with van der Waals surface area (Å²) < 4.78 is 45.8. The van der Waals surface area contributed by atoms with Crippen molar-refractivity contribution in [3.8, 4) is 0 Å². The summed E-state index contributed by atoms with van der Waals surface area (Å²) in [7, 11) is 0. The highest BCUT2D eigenvalue weighted by atomic mass is 19.4. The number of fused-ring (bicyclic) bond motifs is 3. The van der Waals surface area contributed by atoms with Crippen molar-refractivity contribution < 1.29 is 19.4 Å². The zero-order valence-corrected chi connectivity index (χ0v) is 9.74. The number of rotatable bonds is 0. The fraction of sp³-hybridized carbons (Fsp3) is 0.455. The summed E-state index contributed by atoms with van der Waals surface area (Å²) in [4.78, 5) is 17.5. The third-order valence-electron chi connectivity index (χ3n) is 3.21. The number of anilines is 2. The third-order valence-corrected chi connectivity index (χ3v) is 3.21. The second-order valence-corrected chi connectivity index (χ2v) is 4.43. The first kappa shape index (κ1) is 11.0. The first-order valence-electron chi connectivity index (χ1n) is 6.22. The molecule has 8 heteroatoms. The van der Waals surface area contributed by atoms with Gasteiger partial charge in [-0.25, -0.2) is 4.98 Å². The third kappa shape index (κ3) is 2.01.